The Labute approximate surface area is 266 Å². The third-order valence-electron chi connectivity index (χ3n) is 12.9. The molecule has 246 valence electrons. The number of fused-ring (bicyclic) bond motifs is 2. The van der Waals surface area contributed by atoms with E-state index in [1.807, 2.05) is 13.8 Å². The lowest BCUT2D eigenvalue weighted by Crippen LogP contribution is -2.85. The summed E-state index contributed by atoms with van der Waals surface area (Å²) >= 11 is 0. The molecule has 0 amide bonds. The van der Waals surface area contributed by atoms with Gasteiger partial charge in [-0.3, -0.25) is 29.3 Å². The summed E-state index contributed by atoms with van der Waals surface area (Å²) < 4.78 is 12.3. The molecule has 11 nitrogen and oxygen atoms in total. The quantitative estimate of drug-likeness (QED) is 0.152. The van der Waals surface area contributed by atoms with Gasteiger partial charge < -0.3 is 19.7 Å². The van der Waals surface area contributed by atoms with Crippen molar-refractivity contribution in [1.29, 1.82) is 0 Å². The topological polar surface area (TPSA) is 170 Å². The van der Waals surface area contributed by atoms with Crippen LogP contribution in [0.15, 0.2) is 36.4 Å². The van der Waals surface area contributed by atoms with Crippen LogP contribution in [0.2, 0.25) is 0 Å². The zero-order chi connectivity index (χ0) is 33.0. The summed E-state index contributed by atoms with van der Waals surface area (Å²) in [5, 5.41) is 35.3. The maximum absolute atomic E-state index is 14.3. The molecule has 1 aromatic rings. The average Bonchev–Trinajstić information content (AvgIpc) is 3.14. The van der Waals surface area contributed by atoms with Gasteiger partial charge in [0.1, 0.15) is 23.4 Å². The van der Waals surface area contributed by atoms with E-state index in [4.69, 9.17) is 9.47 Å². The number of aliphatic hydroxyl groups is 2. The Bertz CT molecular complexity index is 1560. The number of nitro benzene ring substituents is 1. The molecule has 11 heteroatoms. The van der Waals surface area contributed by atoms with E-state index in [2.05, 4.69) is 6.58 Å². The number of ether oxygens (including phenoxy) is 2. The lowest BCUT2D eigenvalue weighted by molar-refractivity contribution is -0.437. The van der Waals surface area contributed by atoms with E-state index in [1.54, 1.807) is 6.07 Å². The van der Waals surface area contributed by atoms with Crippen molar-refractivity contribution in [2.24, 2.45) is 45.8 Å². The number of aliphatic hydroxyl groups excluding tert-OH is 1. The van der Waals surface area contributed by atoms with Crippen LogP contribution in [0.1, 0.15) is 82.0 Å². The third kappa shape index (κ3) is 3.94. The number of carbonyl (C=O) groups excluding carboxylic acids is 4. The van der Waals surface area contributed by atoms with E-state index in [1.165, 1.54) is 18.2 Å². The van der Waals surface area contributed by atoms with Crippen LogP contribution in [0, 0.1) is 55.9 Å². The zero-order valence-corrected chi connectivity index (χ0v) is 26.2. The van der Waals surface area contributed by atoms with Crippen LogP contribution in [-0.2, 0) is 23.9 Å². The first-order valence-corrected chi connectivity index (χ1v) is 16.5. The number of hydrogen-bond acceptors (Lipinski definition) is 10. The fraction of sp³-hybridized carbons (Fsp3) is 0.657. The number of Topliss-reactive ketones (excluding diaryl/α,β-unsaturated/α-hetero) is 3. The molecule has 7 aliphatic rings. The minimum absolute atomic E-state index is 0.000965. The molecule has 0 aromatic heterocycles. The SMILES string of the molecule is C=C1C(=O)[C@]23[C@H](OC(=O)C4CCC(CC(=O)c5cccc([N+](=O)[O-])c5)CC4)[C@H]1CC[C@H]2[C@@]12CO[C@@]3(O)[C@@H](O)[C@@H]1C(C)(C)CCC2=O. The molecule has 7 fully saturated rings. The molecule has 2 N–H and O–H groups in total. The number of benzene rings is 1. The van der Waals surface area contributed by atoms with E-state index in [9.17, 15) is 39.5 Å². The van der Waals surface area contributed by atoms with Gasteiger partial charge in [0, 0.05) is 42.4 Å². The van der Waals surface area contributed by atoms with Gasteiger partial charge in [-0.15, -0.1) is 0 Å². The van der Waals surface area contributed by atoms with Gasteiger partial charge in [0.2, 0.25) is 5.79 Å². The minimum atomic E-state index is -2.34. The highest BCUT2D eigenvalue weighted by Crippen LogP contribution is 2.76. The largest absolute Gasteiger partial charge is 0.460 e. The molecule has 46 heavy (non-hydrogen) atoms. The third-order valence-corrected chi connectivity index (χ3v) is 12.9. The Morgan fingerprint density at radius 1 is 1.13 bits per heavy atom. The van der Waals surface area contributed by atoms with Crippen molar-refractivity contribution in [1.82, 2.24) is 0 Å². The smallest absolute Gasteiger partial charge is 0.309 e. The molecular weight excluding hydrogens is 594 g/mol. The van der Waals surface area contributed by atoms with Gasteiger partial charge in [-0.25, -0.2) is 0 Å². The molecule has 2 saturated heterocycles. The monoisotopic (exact) mass is 635 g/mol. The number of non-ortho nitro benzene ring substituents is 1. The van der Waals surface area contributed by atoms with E-state index < -0.39 is 74.6 Å². The van der Waals surface area contributed by atoms with E-state index in [-0.39, 0.29) is 53.8 Å². The maximum Gasteiger partial charge on any atom is 0.309 e. The number of rotatable bonds is 6. The molecule has 5 aliphatic carbocycles. The van der Waals surface area contributed by atoms with Crippen LogP contribution in [0.4, 0.5) is 5.69 Å². The van der Waals surface area contributed by atoms with Crippen molar-refractivity contribution in [2.75, 3.05) is 6.61 Å². The fourth-order valence-corrected chi connectivity index (χ4v) is 10.8. The molecule has 1 aromatic carbocycles. The van der Waals surface area contributed by atoms with Gasteiger partial charge in [0.15, 0.2) is 11.6 Å². The van der Waals surface area contributed by atoms with Crippen molar-refractivity contribution in [3.8, 4) is 0 Å². The zero-order valence-electron chi connectivity index (χ0n) is 26.2. The Morgan fingerprint density at radius 3 is 2.54 bits per heavy atom. The summed E-state index contributed by atoms with van der Waals surface area (Å²) in [6.45, 7) is 7.93. The van der Waals surface area contributed by atoms with Gasteiger partial charge in [-0.2, -0.15) is 0 Å². The predicted octanol–water partition coefficient (Wildman–Crippen LogP) is 4.12. The first-order valence-electron chi connectivity index (χ1n) is 16.5. The average molecular weight is 636 g/mol. The van der Waals surface area contributed by atoms with Crippen LogP contribution >= 0.6 is 0 Å². The first kappa shape index (κ1) is 31.3. The number of nitro groups is 1. The molecule has 2 spiro atoms. The highest BCUT2D eigenvalue weighted by atomic mass is 16.7. The molecule has 0 radical (unpaired) electrons. The van der Waals surface area contributed by atoms with Gasteiger partial charge in [-0.1, -0.05) is 32.6 Å². The molecule has 4 bridgehead atoms. The summed E-state index contributed by atoms with van der Waals surface area (Å²) in [4.78, 5) is 65.5. The minimum Gasteiger partial charge on any atom is -0.460 e. The highest BCUT2D eigenvalue weighted by Gasteiger charge is 2.88. The van der Waals surface area contributed by atoms with Crippen molar-refractivity contribution < 1.29 is 43.8 Å². The van der Waals surface area contributed by atoms with Gasteiger partial charge >= 0.3 is 5.97 Å². The molecule has 5 saturated carbocycles. The number of esters is 1. The van der Waals surface area contributed by atoms with Crippen LogP contribution in [-0.4, -0.2) is 63.1 Å². The maximum atomic E-state index is 14.3. The van der Waals surface area contributed by atoms with Crippen molar-refractivity contribution >= 4 is 29.0 Å². The number of carbonyl (C=O) groups is 4. The van der Waals surface area contributed by atoms with Crippen molar-refractivity contribution in [3.63, 3.8) is 0 Å². The molecular formula is C35H41NO10. The normalized spacial score (nSPS) is 42.3. The van der Waals surface area contributed by atoms with E-state index in [0.29, 0.717) is 44.9 Å². The number of ketones is 3. The predicted molar refractivity (Wildman–Crippen MR) is 161 cm³/mol. The van der Waals surface area contributed by atoms with Crippen molar-refractivity contribution in [2.45, 2.75) is 89.6 Å². The summed E-state index contributed by atoms with van der Waals surface area (Å²) in [5.74, 6) is -5.95. The molecule has 2 heterocycles. The number of hydrogen-bond donors (Lipinski definition) is 2. The Morgan fingerprint density at radius 2 is 1.85 bits per heavy atom. The van der Waals surface area contributed by atoms with E-state index >= 15 is 0 Å². The standard InChI is InChI=1S/C35H41NO10/c1-18-23-11-12-25-33-17-45-35(42,29(40)27(33)32(2,3)14-13-26(33)38)34(25,28(18)39)30(23)46-31(41)20-9-7-19(8-10-20)15-24(37)21-5-4-6-22(16-21)36(43)44/h4-6,16,19-20,23,25,27,29-30,40,42H,1,7-15,17H2,2-3H3/t19?,20?,23-,25-,27+,29-,30+,33+,34-,35-/m0/s1. The molecule has 8 atom stereocenters. The highest BCUT2D eigenvalue weighted by molar-refractivity contribution is 6.06. The Kier molecular flexibility index (Phi) is 7.05. The van der Waals surface area contributed by atoms with Crippen LogP contribution in [0.5, 0.6) is 0 Å². The summed E-state index contributed by atoms with van der Waals surface area (Å²) in [6.07, 6.45) is 1.36. The number of nitrogens with zero attached hydrogens (tertiary/aromatic N) is 1. The van der Waals surface area contributed by atoms with Crippen LogP contribution < -0.4 is 0 Å². The second kappa shape index (κ2) is 10.4. The fourth-order valence-electron chi connectivity index (χ4n) is 10.8. The molecule has 2 aliphatic heterocycles. The second-order valence-electron chi connectivity index (χ2n) is 15.3. The molecule has 8 rings (SSSR count). The molecule has 0 unspecified atom stereocenters. The van der Waals surface area contributed by atoms with Crippen molar-refractivity contribution in [3.05, 3.63) is 52.1 Å². The Balaban J connectivity index is 1.11. The summed E-state index contributed by atoms with van der Waals surface area (Å²) in [6, 6.07) is 5.67. The Hall–Kier alpha value is -3.28. The van der Waals surface area contributed by atoms with Gasteiger partial charge in [0.05, 0.1) is 22.9 Å². The lowest BCUT2D eigenvalue weighted by Gasteiger charge is -2.73. The summed E-state index contributed by atoms with van der Waals surface area (Å²) in [5.41, 5.74) is -3.14. The summed E-state index contributed by atoms with van der Waals surface area (Å²) in [7, 11) is 0. The van der Waals surface area contributed by atoms with E-state index in [0.717, 1.165) is 0 Å². The van der Waals surface area contributed by atoms with Gasteiger partial charge in [0.25, 0.3) is 5.69 Å². The van der Waals surface area contributed by atoms with Gasteiger partial charge in [-0.05, 0) is 67.8 Å². The first-order chi connectivity index (χ1) is 21.7. The van der Waals surface area contributed by atoms with Crippen LogP contribution in [0.3, 0.4) is 0 Å². The second-order valence-corrected chi connectivity index (χ2v) is 15.3. The van der Waals surface area contributed by atoms with Crippen LogP contribution in [0.25, 0.3) is 0 Å². The lowest BCUT2D eigenvalue weighted by atomic mass is 9.36.